The van der Waals surface area contributed by atoms with E-state index in [1.165, 1.54) is 161 Å². The molecule has 0 saturated heterocycles. The van der Waals surface area contributed by atoms with Gasteiger partial charge in [-0.2, -0.15) is 0 Å². The number of unbranched alkanes of at least 4 members (excludes halogenated alkanes) is 29. The van der Waals surface area contributed by atoms with Gasteiger partial charge in [0.15, 0.2) is 0 Å². The highest BCUT2D eigenvalue weighted by Gasteiger charge is 2.23. The van der Waals surface area contributed by atoms with Crippen molar-refractivity contribution in [1.82, 2.24) is 5.32 Å². The molecule has 324 valence electrons. The highest BCUT2D eigenvalue weighted by molar-refractivity contribution is 5.78. The van der Waals surface area contributed by atoms with Crippen molar-refractivity contribution in [3.05, 3.63) is 24.3 Å². The SMILES string of the molecule is CCCCCCCC/C=C\C/C=C/C(CC(=O)NC(CO)C(O)CCCCCCCCCCCCCCCCC)OC(=O)CCCCCCCCCCCC. The monoisotopic (exact) mass is 776 g/mol. The van der Waals surface area contributed by atoms with Crippen LogP contribution in [-0.2, 0) is 14.3 Å². The topological polar surface area (TPSA) is 95.9 Å². The van der Waals surface area contributed by atoms with Crippen LogP contribution in [0.3, 0.4) is 0 Å². The molecule has 3 atom stereocenters. The van der Waals surface area contributed by atoms with Crippen LogP contribution in [0.1, 0.15) is 252 Å². The minimum absolute atomic E-state index is 0.0239. The van der Waals surface area contributed by atoms with Gasteiger partial charge in [-0.3, -0.25) is 9.59 Å². The Bertz CT molecular complexity index is 873. The van der Waals surface area contributed by atoms with Gasteiger partial charge in [-0.15, -0.1) is 0 Å². The minimum Gasteiger partial charge on any atom is -0.458 e. The lowest BCUT2D eigenvalue weighted by Crippen LogP contribution is -2.46. The minimum atomic E-state index is -0.805. The molecule has 6 heteroatoms. The number of esters is 1. The number of carbonyl (C=O) groups excluding carboxylic acids is 2. The summed E-state index contributed by atoms with van der Waals surface area (Å²) >= 11 is 0. The molecule has 0 aliphatic rings. The second kappa shape index (κ2) is 43.5. The highest BCUT2D eigenvalue weighted by atomic mass is 16.5. The number of hydrogen-bond donors (Lipinski definition) is 3. The molecule has 0 heterocycles. The average Bonchev–Trinajstić information content (AvgIpc) is 3.18. The van der Waals surface area contributed by atoms with Crippen LogP contribution in [0.5, 0.6) is 0 Å². The first-order valence-corrected chi connectivity index (χ1v) is 24.1. The van der Waals surface area contributed by atoms with Gasteiger partial charge in [0.05, 0.1) is 25.2 Å². The highest BCUT2D eigenvalue weighted by Crippen LogP contribution is 2.16. The van der Waals surface area contributed by atoms with Gasteiger partial charge in [-0.1, -0.05) is 225 Å². The van der Waals surface area contributed by atoms with Crippen molar-refractivity contribution in [2.45, 2.75) is 270 Å². The number of amides is 1. The van der Waals surface area contributed by atoms with Crippen LogP contribution in [0.2, 0.25) is 0 Å². The molecule has 6 nitrogen and oxygen atoms in total. The van der Waals surface area contributed by atoms with Gasteiger partial charge in [-0.25, -0.2) is 0 Å². The number of rotatable bonds is 43. The van der Waals surface area contributed by atoms with E-state index in [0.29, 0.717) is 12.8 Å². The molecule has 55 heavy (non-hydrogen) atoms. The van der Waals surface area contributed by atoms with Crippen molar-refractivity contribution in [1.29, 1.82) is 0 Å². The Morgan fingerprint density at radius 3 is 1.42 bits per heavy atom. The number of hydrogen-bond acceptors (Lipinski definition) is 5. The molecule has 0 bridgehead atoms. The van der Waals surface area contributed by atoms with E-state index in [2.05, 4.69) is 38.2 Å². The molecule has 0 spiro atoms. The Morgan fingerprint density at radius 1 is 0.545 bits per heavy atom. The smallest absolute Gasteiger partial charge is 0.306 e. The summed E-state index contributed by atoms with van der Waals surface area (Å²) in [5, 5.41) is 23.6. The predicted molar refractivity (Wildman–Crippen MR) is 236 cm³/mol. The zero-order valence-corrected chi connectivity index (χ0v) is 36.8. The van der Waals surface area contributed by atoms with Crippen LogP contribution >= 0.6 is 0 Å². The van der Waals surface area contributed by atoms with Crippen molar-refractivity contribution < 1.29 is 24.5 Å². The third-order valence-corrected chi connectivity index (χ3v) is 11.0. The molecule has 0 fully saturated rings. The maximum absolute atomic E-state index is 13.1. The fourth-order valence-corrected chi connectivity index (χ4v) is 7.34. The van der Waals surface area contributed by atoms with Crippen molar-refractivity contribution in [2.24, 2.45) is 0 Å². The first-order chi connectivity index (χ1) is 27.0. The van der Waals surface area contributed by atoms with Crippen molar-refractivity contribution in [3.63, 3.8) is 0 Å². The standard InChI is InChI=1S/C49H93NO5/c1-4-7-10-13-16-19-22-23-24-25-27-29-32-35-38-41-47(52)46(44-51)50-48(53)43-45(40-37-34-31-28-26-20-17-14-11-8-5-2)55-49(54)42-39-36-33-30-21-18-15-12-9-6-3/h28,31,37,40,45-47,51-52H,4-27,29-30,32-36,38-39,41-44H2,1-3H3,(H,50,53)/b31-28-,40-37+. The summed E-state index contributed by atoms with van der Waals surface area (Å²) in [7, 11) is 0. The van der Waals surface area contributed by atoms with E-state index in [4.69, 9.17) is 4.74 Å². The summed E-state index contributed by atoms with van der Waals surface area (Å²) in [5.74, 6) is -0.595. The zero-order chi connectivity index (χ0) is 40.3. The van der Waals surface area contributed by atoms with Crippen molar-refractivity contribution in [2.75, 3.05) is 6.61 Å². The first-order valence-electron chi connectivity index (χ1n) is 24.1. The van der Waals surface area contributed by atoms with Crippen LogP contribution in [0, 0.1) is 0 Å². The van der Waals surface area contributed by atoms with Gasteiger partial charge >= 0.3 is 5.97 Å². The Kier molecular flexibility index (Phi) is 42.2. The molecule has 0 rings (SSSR count). The fraction of sp³-hybridized carbons (Fsp3) is 0.878. The molecule has 0 saturated carbocycles. The van der Waals surface area contributed by atoms with Crippen LogP contribution in [0.4, 0.5) is 0 Å². The van der Waals surface area contributed by atoms with Gasteiger partial charge < -0.3 is 20.3 Å². The first kappa shape index (κ1) is 53.3. The second-order valence-corrected chi connectivity index (χ2v) is 16.5. The molecule has 3 N–H and O–H groups in total. The number of aliphatic hydroxyl groups excluding tert-OH is 2. The number of nitrogens with one attached hydrogen (secondary N) is 1. The van der Waals surface area contributed by atoms with Gasteiger partial charge in [0.1, 0.15) is 6.10 Å². The quantitative estimate of drug-likeness (QED) is 0.0326. The summed E-state index contributed by atoms with van der Waals surface area (Å²) < 4.78 is 5.80. The average molecular weight is 776 g/mol. The van der Waals surface area contributed by atoms with Crippen LogP contribution in [0.15, 0.2) is 24.3 Å². The van der Waals surface area contributed by atoms with Gasteiger partial charge in [0.2, 0.25) is 5.91 Å². The van der Waals surface area contributed by atoms with Gasteiger partial charge in [0, 0.05) is 6.42 Å². The maximum Gasteiger partial charge on any atom is 0.306 e. The maximum atomic E-state index is 13.1. The molecule has 3 unspecified atom stereocenters. The molecule has 0 radical (unpaired) electrons. The van der Waals surface area contributed by atoms with E-state index >= 15 is 0 Å². The third-order valence-electron chi connectivity index (χ3n) is 11.0. The summed E-state index contributed by atoms with van der Waals surface area (Å²) in [4.78, 5) is 25.9. The lowest BCUT2D eigenvalue weighted by molar-refractivity contribution is -0.148. The van der Waals surface area contributed by atoms with E-state index in [1.54, 1.807) is 0 Å². The normalized spacial score (nSPS) is 13.5. The van der Waals surface area contributed by atoms with Gasteiger partial charge in [-0.05, 0) is 38.2 Å². The summed E-state index contributed by atoms with van der Waals surface area (Å²) in [6.45, 7) is 6.43. The largest absolute Gasteiger partial charge is 0.458 e. The molecular weight excluding hydrogens is 683 g/mol. The van der Waals surface area contributed by atoms with E-state index in [1.807, 2.05) is 12.2 Å². The van der Waals surface area contributed by atoms with E-state index < -0.39 is 18.2 Å². The Morgan fingerprint density at radius 2 is 0.964 bits per heavy atom. The Labute approximate surface area is 341 Å². The number of allylic oxidation sites excluding steroid dienone is 3. The van der Waals surface area contributed by atoms with Crippen molar-refractivity contribution in [3.8, 4) is 0 Å². The lowest BCUT2D eigenvalue weighted by atomic mass is 10.0. The van der Waals surface area contributed by atoms with Crippen LogP contribution < -0.4 is 5.32 Å². The molecule has 0 aromatic rings. The van der Waals surface area contributed by atoms with E-state index in [-0.39, 0.29) is 24.9 Å². The molecule has 0 aliphatic heterocycles. The summed E-state index contributed by atoms with van der Waals surface area (Å²) in [6.07, 6.45) is 48.4. The molecule has 0 aliphatic carbocycles. The second-order valence-electron chi connectivity index (χ2n) is 16.5. The Hall–Kier alpha value is -1.66. The number of ether oxygens (including phenoxy) is 1. The molecular formula is C49H93NO5. The van der Waals surface area contributed by atoms with Crippen LogP contribution in [-0.4, -0.2) is 46.9 Å². The fourth-order valence-electron chi connectivity index (χ4n) is 7.34. The van der Waals surface area contributed by atoms with E-state index in [0.717, 1.165) is 51.4 Å². The number of carbonyl (C=O) groups is 2. The molecule has 0 aromatic carbocycles. The summed E-state index contributed by atoms with van der Waals surface area (Å²) in [6, 6.07) is -0.726. The predicted octanol–water partition coefficient (Wildman–Crippen LogP) is 14.0. The Balaban J connectivity index is 4.57. The third kappa shape index (κ3) is 39.0. The molecule has 0 aromatic heterocycles. The molecule has 1 amide bonds. The van der Waals surface area contributed by atoms with Crippen molar-refractivity contribution >= 4 is 11.9 Å². The van der Waals surface area contributed by atoms with Crippen LogP contribution in [0.25, 0.3) is 0 Å². The van der Waals surface area contributed by atoms with E-state index in [9.17, 15) is 19.8 Å². The van der Waals surface area contributed by atoms with Gasteiger partial charge in [0.25, 0.3) is 0 Å². The lowest BCUT2D eigenvalue weighted by Gasteiger charge is -2.23. The number of aliphatic hydroxyl groups is 2. The zero-order valence-electron chi connectivity index (χ0n) is 36.8. The summed E-state index contributed by atoms with van der Waals surface area (Å²) in [5.41, 5.74) is 0.